The third-order valence-corrected chi connectivity index (χ3v) is 3.02. The molecule has 0 aliphatic heterocycles. The van der Waals surface area contributed by atoms with Crippen molar-refractivity contribution < 1.29 is 5.11 Å². The Labute approximate surface area is 113 Å². The molecule has 0 heterocycles. The number of aliphatic hydroxyl groups is 1. The van der Waals surface area contributed by atoms with E-state index in [0.717, 1.165) is 6.42 Å². The molecule has 1 unspecified atom stereocenters. The summed E-state index contributed by atoms with van der Waals surface area (Å²) in [5, 5.41) is 9.38. The zero-order valence-corrected chi connectivity index (χ0v) is 12.0. The van der Waals surface area contributed by atoms with Gasteiger partial charge < -0.3 is 5.11 Å². The van der Waals surface area contributed by atoms with Crippen LogP contribution < -0.4 is 0 Å². The first kappa shape index (κ1) is 17.2. The first-order valence-corrected chi connectivity index (χ1v) is 7.51. The van der Waals surface area contributed by atoms with Gasteiger partial charge in [-0.1, -0.05) is 57.9 Å². The standard InChI is InChI=1S/C17H30O/c1-3-5-6-7-8-9-10-11-12-13-14-16-17(18)15-4-2/h4,13,16-18H,2-3,5-12,15H2,1H3. The molecule has 0 aliphatic rings. The summed E-state index contributed by atoms with van der Waals surface area (Å²) in [6.07, 6.45) is 17.6. The molecule has 0 aromatic heterocycles. The molecule has 0 aromatic carbocycles. The molecule has 1 N–H and O–H groups in total. The van der Waals surface area contributed by atoms with Gasteiger partial charge in [0, 0.05) is 0 Å². The van der Waals surface area contributed by atoms with Crippen molar-refractivity contribution in [2.24, 2.45) is 0 Å². The lowest BCUT2D eigenvalue weighted by molar-refractivity contribution is 0.227. The molecule has 0 aromatic rings. The van der Waals surface area contributed by atoms with Gasteiger partial charge in [-0.05, 0) is 31.4 Å². The van der Waals surface area contributed by atoms with Gasteiger partial charge in [0.15, 0.2) is 0 Å². The van der Waals surface area contributed by atoms with Crippen LogP contribution in [0.5, 0.6) is 0 Å². The van der Waals surface area contributed by atoms with E-state index in [-0.39, 0.29) is 0 Å². The lowest BCUT2D eigenvalue weighted by Gasteiger charge is -1.99. The highest BCUT2D eigenvalue weighted by Gasteiger charge is 1.92. The van der Waals surface area contributed by atoms with Crippen LogP contribution in [0, 0.1) is 0 Å². The molecule has 0 saturated heterocycles. The van der Waals surface area contributed by atoms with Gasteiger partial charge in [-0.2, -0.15) is 0 Å². The lowest BCUT2D eigenvalue weighted by atomic mass is 10.1. The minimum atomic E-state index is -0.419. The van der Waals surface area contributed by atoms with E-state index >= 15 is 0 Å². The van der Waals surface area contributed by atoms with Crippen molar-refractivity contribution in [3.8, 4) is 0 Å². The summed E-state index contributed by atoms with van der Waals surface area (Å²) in [5.41, 5.74) is 3.04. The van der Waals surface area contributed by atoms with Crippen molar-refractivity contribution in [1.29, 1.82) is 0 Å². The SMILES string of the molecule is C=CCC(O)C=C=CCCCCCCCCCC. The van der Waals surface area contributed by atoms with Crippen LogP contribution in [0.2, 0.25) is 0 Å². The Balaban J connectivity index is 3.29. The van der Waals surface area contributed by atoms with E-state index in [0.29, 0.717) is 6.42 Å². The molecule has 0 rings (SSSR count). The van der Waals surface area contributed by atoms with Gasteiger partial charge in [-0.3, -0.25) is 0 Å². The van der Waals surface area contributed by atoms with Crippen molar-refractivity contribution in [3.05, 3.63) is 30.5 Å². The fourth-order valence-corrected chi connectivity index (χ4v) is 1.88. The second-order valence-electron chi connectivity index (χ2n) is 4.89. The summed E-state index contributed by atoms with van der Waals surface area (Å²) in [4.78, 5) is 0. The molecule has 0 radical (unpaired) electrons. The molecule has 0 spiro atoms. The third-order valence-electron chi connectivity index (χ3n) is 3.02. The van der Waals surface area contributed by atoms with Crippen LogP contribution >= 0.6 is 0 Å². The predicted octanol–water partition coefficient (Wildman–Crippen LogP) is 5.17. The van der Waals surface area contributed by atoms with Crippen molar-refractivity contribution in [3.63, 3.8) is 0 Å². The van der Waals surface area contributed by atoms with Crippen molar-refractivity contribution in [2.45, 2.75) is 77.2 Å². The molecule has 104 valence electrons. The Morgan fingerprint density at radius 3 is 2.28 bits per heavy atom. The van der Waals surface area contributed by atoms with Gasteiger partial charge in [0.25, 0.3) is 0 Å². The van der Waals surface area contributed by atoms with E-state index in [1.54, 1.807) is 12.2 Å². The zero-order chi connectivity index (χ0) is 13.5. The first-order valence-electron chi connectivity index (χ1n) is 7.51. The predicted molar refractivity (Wildman–Crippen MR) is 80.7 cm³/mol. The minimum Gasteiger partial charge on any atom is -0.388 e. The van der Waals surface area contributed by atoms with Crippen molar-refractivity contribution in [2.75, 3.05) is 0 Å². The maximum absolute atomic E-state index is 9.38. The summed E-state index contributed by atoms with van der Waals surface area (Å²) >= 11 is 0. The molecule has 0 amide bonds. The minimum absolute atomic E-state index is 0.419. The molecule has 1 nitrogen and oxygen atoms in total. The quantitative estimate of drug-likeness (QED) is 0.288. The fourth-order valence-electron chi connectivity index (χ4n) is 1.88. The largest absolute Gasteiger partial charge is 0.388 e. The van der Waals surface area contributed by atoms with Gasteiger partial charge in [0.1, 0.15) is 0 Å². The Morgan fingerprint density at radius 2 is 1.67 bits per heavy atom. The van der Waals surface area contributed by atoms with Gasteiger partial charge in [0.05, 0.1) is 6.10 Å². The normalized spacial score (nSPS) is 11.7. The average Bonchev–Trinajstić information content (AvgIpc) is 2.36. The van der Waals surface area contributed by atoms with E-state index in [4.69, 9.17) is 0 Å². The summed E-state index contributed by atoms with van der Waals surface area (Å²) in [7, 11) is 0. The fraction of sp³-hybridized carbons (Fsp3) is 0.706. The lowest BCUT2D eigenvalue weighted by Crippen LogP contribution is -1.97. The van der Waals surface area contributed by atoms with Crippen LogP contribution in [0.1, 0.15) is 71.1 Å². The van der Waals surface area contributed by atoms with Crippen LogP contribution in [0.15, 0.2) is 30.5 Å². The van der Waals surface area contributed by atoms with Gasteiger partial charge in [-0.15, -0.1) is 12.3 Å². The van der Waals surface area contributed by atoms with Crippen LogP contribution in [0.3, 0.4) is 0 Å². The van der Waals surface area contributed by atoms with Crippen LogP contribution in [0.4, 0.5) is 0 Å². The van der Waals surface area contributed by atoms with Crippen LogP contribution in [-0.2, 0) is 0 Å². The number of hydrogen-bond acceptors (Lipinski definition) is 1. The van der Waals surface area contributed by atoms with Crippen molar-refractivity contribution >= 4 is 0 Å². The highest BCUT2D eigenvalue weighted by molar-refractivity contribution is 4.92. The highest BCUT2D eigenvalue weighted by Crippen LogP contribution is 2.09. The van der Waals surface area contributed by atoms with E-state index < -0.39 is 6.10 Å². The summed E-state index contributed by atoms with van der Waals surface area (Å²) < 4.78 is 0. The molecule has 1 atom stereocenters. The maximum atomic E-state index is 9.38. The second-order valence-corrected chi connectivity index (χ2v) is 4.89. The van der Waals surface area contributed by atoms with E-state index in [1.165, 1.54) is 51.4 Å². The monoisotopic (exact) mass is 250 g/mol. The van der Waals surface area contributed by atoms with Crippen LogP contribution in [-0.4, -0.2) is 11.2 Å². The first-order chi connectivity index (χ1) is 8.81. The maximum Gasteiger partial charge on any atom is 0.0828 e. The van der Waals surface area contributed by atoms with E-state index in [9.17, 15) is 5.11 Å². The average molecular weight is 250 g/mol. The number of aliphatic hydroxyl groups excluding tert-OH is 1. The molecule has 0 saturated carbocycles. The molecule has 1 heteroatoms. The Hall–Kier alpha value is -0.780. The van der Waals surface area contributed by atoms with Gasteiger partial charge in [-0.25, -0.2) is 0 Å². The molecular weight excluding hydrogens is 220 g/mol. The van der Waals surface area contributed by atoms with Gasteiger partial charge >= 0.3 is 0 Å². The third kappa shape index (κ3) is 13.3. The number of hydrogen-bond donors (Lipinski definition) is 1. The van der Waals surface area contributed by atoms with Gasteiger partial charge in [0.2, 0.25) is 0 Å². The summed E-state index contributed by atoms with van der Waals surface area (Å²) in [6.45, 7) is 5.84. The summed E-state index contributed by atoms with van der Waals surface area (Å²) in [6, 6.07) is 0. The second kappa shape index (κ2) is 14.3. The Kier molecular flexibility index (Phi) is 13.7. The van der Waals surface area contributed by atoms with E-state index in [1.807, 2.05) is 6.08 Å². The molecular formula is C17H30O. The number of unbranched alkanes of at least 4 members (excludes halogenated alkanes) is 8. The Bertz CT molecular complexity index is 236. The molecule has 0 bridgehead atoms. The molecule has 18 heavy (non-hydrogen) atoms. The topological polar surface area (TPSA) is 20.2 Å². The van der Waals surface area contributed by atoms with Crippen molar-refractivity contribution in [1.82, 2.24) is 0 Å². The highest BCUT2D eigenvalue weighted by atomic mass is 16.3. The molecule has 0 fully saturated rings. The smallest absolute Gasteiger partial charge is 0.0828 e. The zero-order valence-electron chi connectivity index (χ0n) is 12.0. The van der Waals surface area contributed by atoms with E-state index in [2.05, 4.69) is 19.2 Å². The molecule has 0 aliphatic carbocycles. The van der Waals surface area contributed by atoms with Crippen LogP contribution in [0.25, 0.3) is 0 Å². The number of rotatable bonds is 12. The summed E-state index contributed by atoms with van der Waals surface area (Å²) in [5.74, 6) is 0. The Morgan fingerprint density at radius 1 is 1.06 bits per heavy atom.